The van der Waals surface area contributed by atoms with Crippen molar-refractivity contribution < 1.29 is 103 Å². The molecule has 77 heavy (non-hydrogen) atoms. The van der Waals surface area contributed by atoms with Gasteiger partial charge >= 0.3 is 0 Å². The number of aliphatic hydroxyl groups excluding tert-OH is 12. The molecule has 0 saturated heterocycles. The van der Waals surface area contributed by atoms with Crippen LogP contribution in [0.4, 0.5) is 0 Å². The lowest BCUT2D eigenvalue weighted by atomic mass is 10.0. The Morgan fingerprint density at radius 2 is 0.753 bits per heavy atom. The summed E-state index contributed by atoms with van der Waals surface area (Å²) in [4.78, 5) is 29.0. The third-order valence-corrected chi connectivity index (χ3v) is 17.6. The maximum Gasteiger partial charge on any atom is 0.251 e. The fourth-order valence-corrected chi connectivity index (χ4v) is 16.6. The number of hydrogen-bond donors (Lipinski definition) is 14. The summed E-state index contributed by atoms with van der Waals surface area (Å²) in [6.07, 6.45) is -16.1. The van der Waals surface area contributed by atoms with Gasteiger partial charge in [0.1, 0.15) is 67.5 Å². The molecule has 2 amide bonds. The minimum Gasteiger partial charge on any atom is -0.397 e. The third-order valence-electron chi connectivity index (χ3n) is 10.6. The van der Waals surface area contributed by atoms with Crippen molar-refractivity contribution in [3.63, 3.8) is 0 Å². The number of rotatable bonds is 48. The summed E-state index contributed by atoms with van der Waals surface area (Å²) in [5, 5.41) is 125. The van der Waals surface area contributed by atoms with E-state index in [1.807, 2.05) is 9.80 Å². The summed E-state index contributed by atoms with van der Waals surface area (Å²) in [6.45, 7) is 26.1. The Labute approximate surface area is 467 Å². The highest BCUT2D eigenvalue weighted by molar-refractivity contribution is 6.72. The average Bonchev–Trinajstić information content (AvgIpc) is 3.31. The van der Waals surface area contributed by atoms with Crippen LogP contribution in [0.1, 0.15) is 12.8 Å². The van der Waals surface area contributed by atoms with E-state index >= 15 is 0 Å². The van der Waals surface area contributed by atoms with Crippen LogP contribution in [0.3, 0.4) is 0 Å². The highest BCUT2D eigenvalue weighted by Crippen LogP contribution is 2.17. The van der Waals surface area contributed by atoms with E-state index in [4.69, 9.17) is 42.1 Å². The molecule has 0 aromatic rings. The number of aliphatic hydroxyl groups is 12. The average molecular weight is 1220 g/mol. The van der Waals surface area contributed by atoms with Crippen LogP contribution >= 0.6 is 0 Å². The third kappa shape index (κ3) is 39.5. The van der Waals surface area contributed by atoms with Gasteiger partial charge in [-0.25, -0.2) is 0 Å². The standard InChI is InChI=1S/C46H102N4O21Si6/c1-74(2,3)68-45(69-75(4,5)6)72-25-13-17-49(19-15-47-43(63)41(61)39(59)37(57)35(55)29-51)27-33(53)31-66-23-21-65-22-24-67-32-34(54)28-50(18-14-26-73-46(70-76(7,8)9)71-77(10,11)12)20-16-48-44(64)42(62)40(60)38(58)36(56)30-52/h33-42,45-46,51-62H,13-32H2,1-12H3,(H,47,63)(H,48,64)/t33?,34?,35-,36-,37-,38-,39+,40+,41-,42-/m1/s1. The molecule has 10 atom stereocenters. The maximum absolute atomic E-state index is 12.6. The molecular weight excluding hydrogens is 1110 g/mol. The Balaban J connectivity index is 5.27. The van der Waals surface area contributed by atoms with Gasteiger partial charge in [-0.3, -0.25) is 19.4 Å². The fourth-order valence-electron chi connectivity index (χ4n) is 6.85. The van der Waals surface area contributed by atoms with E-state index in [1.54, 1.807) is 0 Å². The van der Waals surface area contributed by atoms with Crippen LogP contribution in [0.25, 0.3) is 0 Å². The summed E-state index contributed by atoms with van der Waals surface area (Å²) in [5.74, 6) is -2.58. The molecule has 0 fully saturated rings. The lowest BCUT2D eigenvalue weighted by molar-refractivity contribution is -0.149. The van der Waals surface area contributed by atoms with Gasteiger partial charge in [-0.2, -0.15) is 0 Å². The normalized spacial score (nSPS) is 17.1. The fraction of sp³-hybridized carbons (Fsp3) is 0.957. The first-order chi connectivity index (χ1) is 35.6. The molecule has 25 nitrogen and oxygen atoms in total. The highest BCUT2D eigenvalue weighted by atomic mass is 28.4. The van der Waals surface area contributed by atoms with Crippen molar-refractivity contribution in [2.45, 2.75) is 176 Å². The molecule has 2 unspecified atom stereocenters. The Morgan fingerprint density at radius 3 is 1.04 bits per heavy atom. The Morgan fingerprint density at radius 1 is 0.455 bits per heavy atom. The van der Waals surface area contributed by atoms with Crippen molar-refractivity contribution in [2.24, 2.45) is 0 Å². The molecule has 0 aliphatic heterocycles. The largest absolute Gasteiger partial charge is 0.397 e. The van der Waals surface area contributed by atoms with E-state index < -0.39 is 119 Å². The van der Waals surface area contributed by atoms with Crippen LogP contribution in [-0.2, 0) is 41.5 Å². The summed E-state index contributed by atoms with van der Waals surface area (Å²) in [6, 6.07) is 1.57. The Kier molecular flexibility index (Phi) is 39.5. The van der Waals surface area contributed by atoms with E-state index in [-0.39, 0.29) is 90.7 Å². The molecule has 14 N–H and O–H groups in total. The second-order valence-corrected chi connectivity index (χ2v) is 43.4. The number of carbonyl (C=O) groups is 2. The highest BCUT2D eigenvalue weighted by Gasteiger charge is 2.36. The Bertz CT molecular complexity index is 1400. The topological polar surface area (TPSA) is 372 Å². The van der Waals surface area contributed by atoms with E-state index in [2.05, 4.69) is 89.2 Å². The minimum atomic E-state index is -2.08. The molecule has 0 bridgehead atoms. The molecule has 0 aliphatic carbocycles. The minimum absolute atomic E-state index is 0.0135. The van der Waals surface area contributed by atoms with Gasteiger partial charge < -0.3 is 104 Å². The van der Waals surface area contributed by atoms with Crippen LogP contribution in [0.2, 0.25) is 90.7 Å². The summed E-state index contributed by atoms with van der Waals surface area (Å²) in [7, 11) is -6.80. The van der Waals surface area contributed by atoms with Gasteiger partial charge in [-0.1, -0.05) is 12.1 Å². The second kappa shape index (κ2) is 39.8. The van der Waals surface area contributed by atoms with Crippen molar-refractivity contribution in [2.75, 3.05) is 105 Å². The zero-order valence-electron chi connectivity index (χ0n) is 48.0. The maximum atomic E-state index is 12.6. The van der Waals surface area contributed by atoms with Crippen molar-refractivity contribution in [3.05, 3.63) is 0 Å². The van der Waals surface area contributed by atoms with Gasteiger partial charge in [0, 0.05) is 39.3 Å². The van der Waals surface area contributed by atoms with Crippen LogP contribution in [0, 0.1) is 0 Å². The van der Waals surface area contributed by atoms with Gasteiger partial charge in [-0.15, -0.1) is 0 Å². The van der Waals surface area contributed by atoms with Gasteiger partial charge in [0.05, 0.1) is 65.1 Å². The number of nitrogens with zero attached hydrogens (tertiary/aromatic N) is 2. The summed E-state index contributed by atoms with van der Waals surface area (Å²) in [5.41, 5.74) is 0. The van der Waals surface area contributed by atoms with Crippen molar-refractivity contribution >= 4 is 64.1 Å². The lowest BCUT2D eigenvalue weighted by Gasteiger charge is -2.32. The molecule has 0 saturated carbocycles. The number of hydrogen-bond acceptors (Lipinski definition) is 23. The van der Waals surface area contributed by atoms with Gasteiger partial charge in [-0.05, 0) is 104 Å². The first kappa shape index (κ1) is 76.4. The van der Waals surface area contributed by atoms with Gasteiger partial charge in [0.2, 0.25) is 0 Å². The molecule has 0 heterocycles. The monoisotopic (exact) mass is 1210 g/mol. The van der Waals surface area contributed by atoms with Crippen LogP contribution in [0.5, 0.6) is 0 Å². The van der Waals surface area contributed by atoms with Gasteiger partial charge in [0.15, 0.2) is 45.5 Å². The first-order valence-corrected chi connectivity index (χ1v) is 42.7. The molecule has 0 rings (SSSR count). The van der Waals surface area contributed by atoms with E-state index in [0.29, 0.717) is 32.1 Å². The molecule has 31 heteroatoms. The molecule has 0 aliphatic rings. The number of nitrogens with one attached hydrogen (secondary N) is 2. The van der Waals surface area contributed by atoms with Crippen molar-refractivity contribution in [1.29, 1.82) is 0 Å². The quantitative estimate of drug-likeness (QED) is 0.0159. The van der Waals surface area contributed by atoms with Crippen molar-refractivity contribution in [3.8, 4) is 0 Å². The predicted molar refractivity (Wildman–Crippen MR) is 301 cm³/mol. The van der Waals surface area contributed by atoms with E-state index in [1.165, 1.54) is 0 Å². The number of carbonyl (C=O) groups excluding carboxylic acids is 2. The number of ether oxygens (including phenoxy) is 3. The van der Waals surface area contributed by atoms with Crippen molar-refractivity contribution in [1.82, 2.24) is 20.4 Å². The summed E-state index contributed by atoms with van der Waals surface area (Å²) < 4.78 is 42.3. The molecule has 4 radical (unpaired) electrons. The van der Waals surface area contributed by atoms with E-state index in [0.717, 1.165) is 24.9 Å². The lowest BCUT2D eigenvalue weighted by Crippen LogP contribution is -2.52. The van der Waals surface area contributed by atoms with Crippen LogP contribution < -0.4 is 10.6 Å². The smallest absolute Gasteiger partial charge is 0.251 e. The SMILES string of the molecule is C[Si](C)(C)OC(O[Si](C)(C)C)[Si]CCCN(CCNC(=O)[C@H](O)[C@@H](O)[C@H](O)[C@H](O)CO)CC(O)COCCOCCOCC(O)CN(CCC[Si]C(O[Si](C)(C)C)O[Si](C)(C)C)CCNC(=O)[C@H](O)[C@@H](O)[C@H](O)[C@H](O)CO. The zero-order chi connectivity index (χ0) is 59.2. The van der Waals surface area contributed by atoms with E-state index in [9.17, 15) is 60.7 Å². The zero-order valence-corrected chi connectivity index (χ0v) is 54.0. The number of amides is 2. The molecular formula is C46H102N4O21Si6. The first-order valence-electron chi connectivity index (χ1n) is 26.5. The predicted octanol–water partition coefficient (Wildman–Crippen LogP) is -3.54. The van der Waals surface area contributed by atoms with Crippen LogP contribution in [-0.4, -0.2) is 313 Å². The van der Waals surface area contributed by atoms with Gasteiger partial charge in [0.25, 0.3) is 11.8 Å². The Hall–Kier alpha value is -0.599. The molecule has 0 spiro atoms. The summed E-state index contributed by atoms with van der Waals surface area (Å²) >= 11 is 0. The second-order valence-electron chi connectivity index (χ2n) is 22.8. The molecule has 456 valence electrons. The molecule has 0 aromatic heterocycles. The molecule has 0 aromatic carbocycles. The van der Waals surface area contributed by atoms with Crippen LogP contribution in [0.15, 0.2) is 0 Å².